The van der Waals surface area contributed by atoms with Gasteiger partial charge in [0.1, 0.15) is 5.75 Å². The molecule has 0 fully saturated rings. The van der Waals surface area contributed by atoms with Crippen LogP contribution in [0.1, 0.15) is 12.5 Å². The maximum absolute atomic E-state index is 11.7. The van der Waals surface area contributed by atoms with Crippen LogP contribution in [-0.4, -0.2) is 26.6 Å². The van der Waals surface area contributed by atoms with Crippen LogP contribution in [0.3, 0.4) is 0 Å². The largest absolute Gasteiger partial charge is 0.497 e. The van der Waals surface area contributed by atoms with Crippen molar-refractivity contribution in [3.05, 3.63) is 29.8 Å². The first-order valence-electron chi connectivity index (χ1n) is 5.72. The normalized spacial score (nSPS) is 11.3. The van der Waals surface area contributed by atoms with Crippen molar-refractivity contribution in [1.29, 1.82) is 0 Å². The number of rotatable bonds is 6. The summed E-state index contributed by atoms with van der Waals surface area (Å²) in [6.07, 6.45) is 0. The van der Waals surface area contributed by atoms with Crippen molar-refractivity contribution in [2.24, 2.45) is 5.92 Å². The molecule has 0 saturated heterocycles. The summed E-state index contributed by atoms with van der Waals surface area (Å²) in [6.45, 7) is 3.12. The van der Waals surface area contributed by atoms with Crippen molar-refractivity contribution < 1.29 is 9.53 Å². The SMILES string of the molecule is CNCC(C)C(=O)NCc1cccc(OC)c1.Cl. The highest BCUT2D eigenvalue weighted by Crippen LogP contribution is 2.12. The van der Waals surface area contributed by atoms with Crippen LogP contribution in [0.2, 0.25) is 0 Å². The zero-order chi connectivity index (χ0) is 12.7. The molecule has 0 aromatic heterocycles. The molecule has 1 amide bonds. The predicted octanol–water partition coefficient (Wildman–Crippen LogP) is 1.59. The summed E-state index contributed by atoms with van der Waals surface area (Å²) in [5, 5.41) is 5.88. The van der Waals surface area contributed by atoms with Gasteiger partial charge in [-0.2, -0.15) is 0 Å². The van der Waals surface area contributed by atoms with Gasteiger partial charge in [-0.15, -0.1) is 12.4 Å². The van der Waals surface area contributed by atoms with E-state index in [1.54, 1.807) is 7.11 Å². The Morgan fingerprint density at radius 1 is 1.44 bits per heavy atom. The van der Waals surface area contributed by atoms with Gasteiger partial charge in [-0.3, -0.25) is 4.79 Å². The van der Waals surface area contributed by atoms with Gasteiger partial charge >= 0.3 is 0 Å². The van der Waals surface area contributed by atoms with Gasteiger partial charge in [-0.25, -0.2) is 0 Å². The molecule has 1 aromatic carbocycles. The Labute approximate surface area is 115 Å². The average Bonchev–Trinajstić information content (AvgIpc) is 2.36. The van der Waals surface area contributed by atoms with Gasteiger partial charge in [0, 0.05) is 19.0 Å². The van der Waals surface area contributed by atoms with Crippen LogP contribution >= 0.6 is 12.4 Å². The molecule has 1 rings (SSSR count). The molecule has 0 saturated carbocycles. The summed E-state index contributed by atoms with van der Waals surface area (Å²) >= 11 is 0. The van der Waals surface area contributed by atoms with E-state index in [4.69, 9.17) is 4.74 Å². The monoisotopic (exact) mass is 272 g/mol. The van der Waals surface area contributed by atoms with E-state index in [0.717, 1.165) is 11.3 Å². The highest BCUT2D eigenvalue weighted by Gasteiger charge is 2.10. The Hall–Kier alpha value is -1.26. The van der Waals surface area contributed by atoms with Crippen molar-refractivity contribution in [2.45, 2.75) is 13.5 Å². The lowest BCUT2D eigenvalue weighted by Gasteiger charge is -2.11. The lowest BCUT2D eigenvalue weighted by Crippen LogP contribution is -2.33. The number of benzene rings is 1. The summed E-state index contributed by atoms with van der Waals surface area (Å²) in [6, 6.07) is 7.68. The minimum Gasteiger partial charge on any atom is -0.497 e. The van der Waals surface area contributed by atoms with E-state index in [2.05, 4.69) is 10.6 Å². The van der Waals surface area contributed by atoms with Gasteiger partial charge in [-0.05, 0) is 24.7 Å². The zero-order valence-corrected chi connectivity index (χ0v) is 11.8. The molecule has 1 aromatic rings. The van der Waals surface area contributed by atoms with Gasteiger partial charge in [0.25, 0.3) is 0 Å². The summed E-state index contributed by atoms with van der Waals surface area (Å²) < 4.78 is 5.12. The molecule has 4 nitrogen and oxygen atoms in total. The van der Waals surface area contributed by atoms with Crippen molar-refractivity contribution in [2.75, 3.05) is 20.7 Å². The number of ether oxygens (including phenoxy) is 1. The first-order chi connectivity index (χ1) is 8.17. The maximum Gasteiger partial charge on any atom is 0.224 e. The Kier molecular flexibility index (Phi) is 8.16. The summed E-state index contributed by atoms with van der Waals surface area (Å²) in [5.74, 6) is 0.841. The predicted molar refractivity (Wildman–Crippen MR) is 75.2 cm³/mol. The molecule has 1 atom stereocenters. The minimum absolute atomic E-state index is 0. The Morgan fingerprint density at radius 3 is 2.78 bits per heavy atom. The molecule has 0 bridgehead atoms. The van der Waals surface area contributed by atoms with Crippen LogP contribution in [0.15, 0.2) is 24.3 Å². The topological polar surface area (TPSA) is 50.4 Å². The highest BCUT2D eigenvalue weighted by atomic mass is 35.5. The number of nitrogens with one attached hydrogen (secondary N) is 2. The third-order valence-corrected chi connectivity index (χ3v) is 2.56. The second-order valence-corrected chi connectivity index (χ2v) is 4.03. The van der Waals surface area contributed by atoms with Crippen LogP contribution < -0.4 is 15.4 Å². The van der Waals surface area contributed by atoms with Crippen LogP contribution in [0, 0.1) is 5.92 Å². The van der Waals surface area contributed by atoms with E-state index in [1.807, 2.05) is 38.2 Å². The molecular weight excluding hydrogens is 252 g/mol. The standard InChI is InChI=1S/C13H20N2O2.ClH/c1-10(8-14-2)13(16)15-9-11-5-4-6-12(7-11)17-3;/h4-7,10,14H,8-9H2,1-3H3,(H,15,16);1H. The van der Waals surface area contributed by atoms with Gasteiger partial charge in [0.05, 0.1) is 7.11 Å². The fourth-order valence-corrected chi connectivity index (χ4v) is 1.54. The van der Waals surface area contributed by atoms with E-state index in [-0.39, 0.29) is 24.2 Å². The third kappa shape index (κ3) is 5.38. The molecule has 5 heteroatoms. The van der Waals surface area contributed by atoms with Crippen LogP contribution in [0.25, 0.3) is 0 Å². The lowest BCUT2D eigenvalue weighted by atomic mass is 10.1. The molecule has 0 aliphatic rings. The molecule has 0 aliphatic heterocycles. The Balaban J connectivity index is 0.00000289. The average molecular weight is 273 g/mol. The van der Waals surface area contributed by atoms with Gasteiger partial charge in [-0.1, -0.05) is 19.1 Å². The molecule has 0 spiro atoms. The van der Waals surface area contributed by atoms with Crippen molar-refractivity contribution >= 4 is 18.3 Å². The zero-order valence-electron chi connectivity index (χ0n) is 11.0. The number of hydrogen-bond donors (Lipinski definition) is 2. The van der Waals surface area contributed by atoms with E-state index in [0.29, 0.717) is 13.1 Å². The number of carbonyl (C=O) groups excluding carboxylic acids is 1. The minimum atomic E-state index is -0.0226. The molecule has 0 heterocycles. The first-order valence-corrected chi connectivity index (χ1v) is 5.72. The highest BCUT2D eigenvalue weighted by molar-refractivity contribution is 5.85. The Bertz CT molecular complexity index is 372. The van der Waals surface area contributed by atoms with Gasteiger partial charge < -0.3 is 15.4 Å². The van der Waals surface area contributed by atoms with Crippen molar-refractivity contribution in [1.82, 2.24) is 10.6 Å². The van der Waals surface area contributed by atoms with E-state index in [1.165, 1.54) is 0 Å². The lowest BCUT2D eigenvalue weighted by molar-refractivity contribution is -0.124. The smallest absolute Gasteiger partial charge is 0.224 e. The molecule has 0 radical (unpaired) electrons. The van der Waals surface area contributed by atoms with Gasteiger partial charge in [0.15, 0.2) is 0 Å². The van der Waals surface area contributed by atoms with Crippen molar-refractivity contribution in [3.8, 4) is 5.75 Å². The number of methoxy groups -OCH3 is 1. The molecule has 18 heavy (non-hydrogen) atoms. The third-order valence-electron chi connectivity index (χ3n) is 2.56. The number of halogens is 1. The fraction of sp³-hybridized carbons (Fsp3) is 0.462. The summed E-state index contributed by atoms with van der Waals surface area (Å²) in [7, 11) is 3.47. The molecule has 102 valence electrons. The first kappa shape index (κ1) is 16.7. The Morgan fingerprint density at radius 2 is 2.17 bits per heavy atom. The second kappa shape index (κ2) is 8.78. The van der Waals surface area contributed by atoms with E-state index >= 15 is 0 Å². The second-order valence-electron chi connectivity index (χ2n) is 4.03. The van der Waals surface area contributed by atoms with Crippen LogP contribution in [-0.2, 0) is 11.3 Å². The quantitative estimate of drug-likeness (QED) is 0.827. The van der Waals surface area contributed by atoms with Crippen molar-refractivity contribution in [3.63, 3.8) is 0 Å². The maximum atomic E-state index is 11.7. The molecule has 1 unspecified atom stereocenters. The summed E-state index contributed by atoms with van der Waals surface area (Å²) in [5.41, 5.74) is 1.04. The summed E-state index contributed by atoms with van der Waals surface area (Å²) in [4.78, 5) is 11.7. The van der Waals surface area contributed by atoms with E-state index in [9.17, 15) is 4.79 Å². The fourth-order valence-electron chi connectivity index (χ4n) is 1.54. The molecular formula is C13H21ClN2O2. The van der Waals surface area contributed by atoms with Gasteiger partial charge in [0.2, 0.25) is 5.91 Å². The molecule has 2 N–H and O–H groups in total. The number of carbonyl (C=O) groups is 1. The van der Waals surface area contributed by atoms with Crippen LogP contribution in [0.5, 0.6) is 5.75 Å². The number of hydrogen-bond acceptors (Lipinski definition) is 3. The van der Waals surface area contributed by atoms with Crippen LogP contribution in [0.4, 0.5) is 0 Å². The molecule has 0 aliphatic carbocycles. The van der Waals surface area contributed by atoms with E-state index < -0.39 is 0 Å². The number of amides is 1.